The Labute approximate surface area is 160 Å². The minimum Gasteiger partial charge on any atom is -0.496 e. The van der Waals surface area contributed by atoms with Gasteiger partial charge in [-0.05, 0) is 62.3 Å². The first-order chi connectivity index (χ1) is 13.2. The predicted molar refractivity (Wildman–Crippen MR) is 108 cm³/mol. The largest absolute Gasteiger partial charge is 0.496 e. The molecule has 1 fully saturated rings. The van der Waals surface area contributed by atoms with Crippen molar-refractivity contribution >= 4 is 17.3 Å². The minimum absolute atomic E-state index is 0.265. The summed E-state index contributed by atoms with van der Waals surface area (Å²) in [7, 11) is 3.07. The molecule has 0 aromatic heterocycles. The molecule has 1 amide bonds. The molecule has 0 unspecified atom stereocenters. The van der Waals surface area contributed by atoms with Crippen molar-refractivity contribution in [3.63, 3.8) is 0 Å². The molecule has 6 nitrogen and oxygen atoms in total. The van der Waals surface area contributed by atoms with Gasteiger partial charge in [0.15, 0.2) is 0 Å². The van der Waals surface area contributed by atoms with Crippen LogP contribution in [-0.2, 0) is 0 Å². The van der Waals surface area contributed by atoms with Crippen LogP contribution in [0.2, 0.25) is 0 Å². The molecule has 27 heavy (non-hydrogen) atoms. The molecule has 3 rings (SSSR count). The summed E-state index contributed by atoms with van der Waals surface area (Å²) in [6.45, 7) is 4.40. The molecule has 1 saturated heterocycles. The highest BCUT2D eigenvalue weighted by Crippen LogP contribution is 2.29. The lowest BCUT2D eigenvalue weighted by Gasteiger charge is -2.16. The summed E-state index contributed by atoms with van der Waals surface area (Å²) < 4.78 is 10.6. The van der Waals surface area contributed by atoms with Crippen LogP contribution in [0, 0.1) is 0 Å². The average Bonchev–Trinajstić information content (AvgIpc) is 3.22. The monoisotopic (exact) mass is 369 g/mol. The molecular weight excluding hydrogens is 342 g/mol. The number of rotatable bonds is 8. The Balaban J connectivity index is 1.58. The molecule has 6 heteroatoms. The molecule has 1 aliphatic heterocycles. The number of carbonyl (C=O) groups excluding carboxylic acids is 1. The Morgan fingerprint density at radius 3 is 2.15 bits per heavy atom. The molecule has 144 valence electrons. The molecule has 1 aliphatic rings. The molecule has 2 N–H and O–H groups in total. The fraction of sp³-hybridized carbons (Fsp3) is 0.381. The predicted octanol–water partition coefficient (Wildman–Crippen LogP) is 3.46. The highest BCUT2D eigenvalue weighted by molar-refractivity contribution is 6.08. The van der Waals surface area contributed by atoms with Gasteiger partial charge in [-0.2, -0.15) is 0 Å². The molecule has 2 aromatic carbocycles. The summed E-state index contributed by atoms with van der Waals surface area (Å²) in [5, 5.41) is 6.33. The van der Waals surface area contributed by atoms with Crippen molar-refractivity contribution in [2.75, 3.05) is 51.0 Å². The van der Waals surface area contributed by atoms with E-state index in [9.17, 15) is 4.79 Å². The van der Waals surface area contributed by atoms with Crippen molar-refractivity contribution in [3.8, 4) is 11.5 Å². The average molecular weight is 369 g/mol. The maximum Gasteiger partial charge on any atom is 0.263 e. The number of anilines is 2. The van der Waals surface area contributed by atoms with Gasteiger partial charge in [0.25, 0.3) is 5.91 Å². The molecule has 0 saturated carbocycles. The van der Waals surface area contributed by atoms with Gasteiger partial charge >= 0.3 is 0 Å². The van der Waals surface area contributed by atoms with Gasteiger partial charge in [-0.15, -0.1) is 0 Å². The number of nitrogens with one attached hydrogen (secondary N) is 2. The number of nitrogens with zero attached hydrogens (tertiary/aromatic N) is 1. The van der Waals surface area contributed by atoms with E-state index in [0.717, 1.165) is 24.5 Å². The second-order valence-corrected chi connectivity index (χ2v) is 6.54. The van der Waals surface area contributed by atoms with Crippen molar-refractivity contribution in [2.24, 2.45) is 0 Å². The smallest absolute Gasteiger partial charge is 0.263 e. The van der Waals surface area contributed by atoms with Crippen LogP contribution in [0.15, 0.2) is 42.5 Å². The minimum atomic E-state index is -0.265. The Hall–Kier alpha value is -2.73. The van der Waals surface area contributed by atoms with Gasteiger partial charge in [0.05, 0.1) is 14.2 Å². The van der Waals surface area contributed by atoms with Crippen molar-refractivity contribution < 1.29 is 14.3 Å². The molecule has 0 atom stereocenters. The SMILES string of the molecule is COc1cccc(OC)c1C(=O)Nc1ccc(NCCN2CCCC2)cc1. The van der Waals surface area contributed by atoms with Crippen LogP contribution in [0.25, 0.3) is 0 Å². The van der Waals surface area contributed by atoms with E-state index in [-0.39, 0.29) is 5.91 Å². The Morgan fingerprint density at radius 1 is 0.963 bits per heavy atom. The highest BCUT2D eigenvalue weighted by Gasteiger charge is 2.18. The first-order valence-corrected chi connectivity index (χ1v) is 9.30. The van der Waals surface area contributed by atoms with Crippen LogP contribution in [0.5, 0.6) is 11.5 Å². The first-order valence-electron chi connectivity index (χ1n) is 9.30. The summed E-state index contributed by atoms with van der Waals surface area (Å²) >= 11 is 0. The van der Waals surface area contributed by atoms with Gasteiger partial charge in [-0.1, -0.05) is 6.07 Å². The number of methoxy groups -OCH3 is 2. The van der Waals surface area contributed by atoms with E-state index in [1.54, 1.807) is 18.2 Å². The van der Waals surface area contributed by atoms with Gasteiger partial charge in [0, 0.05) is 24.5 Å². The van der Waals surface area contributed by atoms with E-state index in [4.69, 9.17) is 9.47 Å². The fourth-order valence-corrected chi connectivity index (χ4v) is 3.30. The second-order valence-electron chi connectivity index (χ2n) is 6.54. The standard InChI is InChI=1S/C21H27N3O3/c1-26-18-6-5-7-19(27-2)20(18)21(25)23-17-10-8-16(9-11-17)22-12-15-24-13-3-4-14-24/h5-11,22H,3-4,12-15H2,1-2H3,(H,23,25). The van der Waals surface area contributed by atoms with Crippen LogP contribution in [0.3, 0.4) is 0 Å². The van der Waals surface area contributed by atoms with E-state index >= 15 is 0 Å². The zero-order chi connectivity index (χ0) is 19.1. The van der Waals surface area contributed by atoms with Crippen LogP contribution in [0.1, 0.15) is 23.2 Å². The third kappa shape index (κ3) is 4.92. The zero-order valence-electron chi connectivity index (χ0n) is 16.0. The third-order valence-electron chi connectivity index (χ3n) is 4.75. The third-order valence-corrected chi connectivity index (χ3v) is 4.75. The van der Waals surface area contributed by atoms with Gasteiger partial charge in [-0.25, -0.2) is 0 Å². The summed E-state index contributed by atoms with van der Waals surface area (Å²) in [6, 6.07) is 13.0. The fourth-order valence-electron chi connectivity index (χ4n) is 3.30. The Kier molecular flexibility index (Phi) is 6.54. The summed E-state index contributed by atoms with van der Waals surface area (Å²) in [6.07, 6.45) is 2.62. The van der Waals surface area contributed by atoms with Crippen LogP contribution in [-0.4, -0.2) is 51.2 Å². The maximum atomic E-state index is 12.7. The van der Waals surface area contributed by atoms with E-state index in [1.165, 1.54) is 40.2 Å². The summed E-state index contributed by atoms with van der Waals surface area (Å²) in [5.41, 5.74) is 2.15. The normalized spacial score (nSPS) is 14.0. The van der Waals surface area contributed by atoms with Crippen molar-refractivity contribution in [1.82, 2.24) is 4.90 Å². The number of amides is 1. The van der Waals surface area contributed by atoms with Crippen molar-refractivity contribution in [2.45, 2.75) is 12.8 Å². The number of ether oxygens (including phenoxy) is 2. The molecule has 0 aliphatic carbocycles. The zero-order valence-corrected chi connectivity index (χ0v) is 16.0. The van der Waals surface area contributed by atoms with Gasteiger partial charge < -0.3 is 25.0 Å². The molecule has 0 bridgehead atoms. The molecule has 2 aromatic rings. The molecule has 1 heterocycles. The number of hydrogen-bond donors (Lipinski definition) is 2. The van der Waals surface area contributed by atoms with E-state index in [0.29, 0.717) is 17.1 Å². The van der Waals surface area contributed by atoms with Crippen molar-refractivity contribution in [1.29, 1.82) is 0 Å². The van der Waals surface area contributed by atoms with E-state index < -0.39 is 0 Å². The van der Waals surface area contributed by atoms with Gasteiger partial charge in [0.1, 0.15) is 17.1 Å². The number of hydrogen-bond acceptors (Lipinski definition) is 5. The number of likely N-dealkylation sites (tertiary alicyclic amines) is 1. The number of carbonyl (C=O) groups is 1. The molecule has 0 radical (unpaired) electrons. The number of benzene rings is 2. The summed E-state index contributed by atoms with van der Waals surface area (Å²) in [5.74, 6) is 0.693. The lowest BCUT2D eigenvalue weighted by molar-refractivity contribution is 0.102. The van der Waals surface area contributed by atoms with E-state index in [2.05, 4.69) is 15.5 Å². The van der Waals surface area contributed by atoms with Gasteiger partial charge in [-0.3, -0.25) is 4.79 Å². The second kappa shape index (κ2) is 9.28. The lowest BCUT2D eigenvalue weighted by atomic mass is 10.1. The van der Waals surface area contributed by atoms with E-state index in [1.807, 2.05) is 24.3 Å². The Morgan fingerprint density at radius 2 is 1.56 bits per heavy atom. The highest BCUT2D eigenvalue weighted by atomic mass is 16.5. The molecular formula is C21H27N3O3. The maximum absolute atomic E-state index is 12.7. The topological polar surface area (TPSA) is 62.8 Å². The van der Waals surface area contributed by atoms with Crippen LogP contribution >= 0.6 is 0 Å². The lowest BCUT2D eigenvalue weighted by Crippen LogP contribution is -2.25. The van der Waals surface area contributed by atoms with Crippen molar-refractivity contribution in [3.05, 3.63) is 48.0 Å². The summed E-state index contributed by atoms with van der Waals surface area (Å²) in [4.78, 5) is 15.2. The quantitative estimate of drug-likeness (QED) is 0.746. The first kappa shape index (κ1) is 19.0. The molecule has 0 spiro atoms. The van der Waals surface area contributed by atoms with Crippen LogP contribution < -0.4 is 20.1 Å². The van der Waals surface area contributed by atoms with Crippen LogP contribution in [0.4, 0.5) is 11.4 Å². The Bertz CT molecular complexity index is 734. The van der Waals surface area contributed by atoms with Gasteiger partial charge in [0.2, 0.25) is 0 Å².